The fraction of sp³-hybridized carbons (Fsp3) is 0.375. The summed E-state index contributed by atoms with van der Waals surface area (Å²) in [6, 6.07) is 5.44. The Kier molecular flexibility index (Phi) is 6.68. The number of unbranched alkanes of at least 4 members (excludes halogenated alkanes) is 2. The number of hydrogen-bond acceptors (Lipinski definition) is 6. The number of aromatic amines is 1. The lowest BCUT2D eigenvalue weighted by molar-refractivity contribution is 0.286. The van der Waals surface area contributed by atoms with E-state index in [1.165, 1.54) is 6.21 Å². The topological polar surface area (TPSA) is 81.5 Å². The molecule has 0 aliphatic rings. The molecule has 1 N–H and O–H groups in total. The van der Waals surface area contributed by atoms with Gasteiger partial charge in [-0.25, -0.2) is 0 Å². The van der Waals surface area contributed by atoms with Crippen molar-refractivity contribution in [3.63, 3.8) is 0 Å². The number of ether oxygens (including phenoxy) is 2. The van der Waals surface area contributed by atoms with E-state index in [0.29, 0.717) is 18.1 Å². The molecule has 128 valence electrons. The predicted octanol–water partition coefficient (Wildman–Crippen LogP) is 2.76. The van der Waals surface area contributed by atoms with Gasteiger partial charge in [-0.1, -0.05) is 19.8 Å². The highest BCUT2D eigenvalue weighted by atomic mass is 32.1. The highest BCUT2D eigenvalue weighted by Crippen LogP contribution is 2.27. The van der Waals surface area contributed by atoms with Crippen LogP contribution in [0.3, 0.4) is 0 Å². The van der Waals surface area contributed by atoms with Gasteiger partial charge in [0.1, 0.15) is 6.20 Å². The van der Waals surface area contributed by atoms with Gasteiger partial charge in [0.2, 0.25) is 4.77 Å². The molecule has 0 radical (unpaired) electrons. The number of hydrogen-bond donors (Lipinski definition) is 1. The van der Waals surface area contributed by atoms with Crippen molar-refractivity contribution in [1.82, 2.24) is 14.9 Å². The van der Waals surface area contributed by atoms with Crippen LogP contribution in [0.25, 0.3) is 0 Å². The first-order valence-corrected chi connectivity index (χ1v) is 8.08. The number of benzene rings is 1. The summed E-state index contributed by atoms with van der Waals surface area (Å²) in [6.07, 6.45) is 5.92. The van der Waals surface area contributed by atoms with Crippen LogP contribution in [0.4, 0.5) is 0 Å². The Hall–Kier alpha value is -2.48. The summed E-state index contributed by atoms with van der Waals surface area (Å²) < 4.78 is 12.3. The highest BCUT2D eigenvalue weighted by Gasteiger charge is 2.05. The lowest BCUT2D eigenvalue weighted by Crippen LogP contribution is -2.18. The van der Waals surface area contributed by atoms with E-state index < -0.39 is 5.56 Å². The number of nitrogens with one attached hydrogen (secondary N) is 1. The molecule has 0 atom stereocenters. The van der Waals surface area contributed by atoms with Crippen molar-refractivity contribution >= 4 is 18.4 Å². The van der Waals surface area contributed by atoms with Crippen molar-refractivity contribution < 1.29 is 9.47 Å². The molecule has 24 heavy (non-hydrogen) atoms. The summed E-state index contributed by atoms with van der Waals surface area (Å²) in [6.45, 7) is 2.80. The van der Waals surface area contributed by atoms with Crippen LogP contribution >= 0.6 is 12.2 Å². The van der Waals surface area contributed by atoms with Crippen molar-refractivity contribution in [2.75, 3.05) is 13.7 Å². The summed E-state index contributed by atoms with van der Waals surface area (Å²) in [7, 11) is 1.58. The molecule has 8 heteroatoms. The van der Waals surface area contributed by atoms with Gasteiger partial charge in [0.15, 0.2) is 11.5 Å². The van der Waals surface area contributed by atoms with E-state index in [2.05, 4.69) is 22.2 Å². The maximum atomic E-state index is 11.7. The Labute approximate surface area is 144 Å². The van der Waals surface area contributed by atoms with Crippen LogP contribution in [-0.4, -0.2) is 34.8 Å². The Morgan fingerprint density at radius 2 is 2.21 bits per heavy atom. The van der Waals surface area contributed by atoms with Gasteiger partial charge in [-0.3, -0.25) is 9.89 Å². The summed E-state index contributed by atoms with van der Waals surface area (Å²) in [4.78, 5) is 11.7. The molecule has 0 aliphatic heterocycles. The number of nitrogens with zero attached hydrogens (tertiary/aromatic N) is 3. The molecular weight excluding hydrogens is 328 g/mol. The minimum atomic E-state index is -0.405. The minimum absolute atomic E-state index is 0.126. The molecule has 0 amide bonds. The minimum Gasteiger partial charge on any atom is -0.493 e. The Bertz CT molecular complexity index is 785. The van der Waals surface area contributed by atoms with Crippen molar-refractivity contribution in [1.29, 1.82) is 0 Å². The van der Waals surface area contributed by atoms with E-state index in [9.17, 15) is 4.79 Å². The van der Waals surface area contributed by atoms with Gasteiger partial charge in [0.05, 0.1) is 19.9 Å². The normalized spacial score (nSPS) is 10.9. The molecule has 2 rings (SSSR count). The molecule has 2 aromatic rings. The van der Waals surface area contributed by atoms with Gasteiger partial charge in [0, 0.05) is 0 Å². The first kappa shape index (κ1) is 17.9. The molecule has 0 spiro atoms. The van der Waals surface area contributed by atoms with E-state index in [1.54, 1.807) is 13.2 Å². The quantitative estimate of drug-likeness (QED) is 0.451. The van der Waals surface area contributed by atoms with Crippen molar-refractivity contribution in [2.45, 2.75) is 26.2 Å². The second kappa shape index (κ2) is 8.97. The Morgan fingerprint density at radius 3 is 2.92 bits per heavy atom. The third-order valence-corrected chi connectivity index (χ3v) is 3.52. The van der Waals surface area contributed by atoms with Gasteiger partial charge in [-0.15, -0.1) is 0 Å². The van der Waals surface area contributed by atoms with Gasteiger partial charge < -0.3 is 9.47 Å². The number of rotatable bonds is 8. The van der Waals surface area contributed by atoms with E-state index >= 15 is 0 Å². The molecule has 1 aromatic carbocycles. The summed E-state index contributed by atoms with van der Waals surface area (Å²) in [5.41, 5.74) is 0.351. The number of aromatic nitrogens is 3. The molecule has 1 aromatic heterocycles. The molecule has 0 fully saturated rings. The number of H-pyrrole nitrogens is 1. The Balaban J connectivity index is 2.16. The monoisotopic (exact) mass is 348 g/mol. The largest absolute Gasteiger partial charge is 0.493 e. The molecule has 0 saturated heterocycles. The van der Waals surface area contributed by atoms with Crippen LogP contribution in [-0.2, 0) is 0 Å². The Morgan fingerprint density at radius 1 is 1.38 bits per heavy atom. The first-order chi connectivity index (χ1) is 11.7. The summed E-state index contributed by atoms with van der Waals surface area (Å²) >= 11 is 4.98. The second-order valence-electron chi connectivity index (χ2n) is 5.04. The molecule has 0 saturated carbocycles. The van der Waals surface area contributed by atoms with E-state index in [-0.39, 0.29) is 4.77 Å². The molecular formula is C16H20N4O3S. The van der Waals surface area contributed by atoms with E-state index in [1.807, 2.05) is 12.1 Å². The van der Waals surface area contributed by atoms with Crippen molar-refractivity contribution in [2.24, 2.45) is 5.10 Å². The predicted molar refractivity (Wildman–Crippen MR) is 94.7 cm³/mol. The van der Waals surface area contributed by atoms with Gasteiger partial charge in [-0.05, 0) is 42.4 Å². The van der Waals surface area contributed by atoms with E-state index in [4.69, 9.17) is 21.7 Å². The second-order valence-corrected chi connectivity index (χ2v) is 5.42. The SMILES string of the molecule is CCCCCOc1ccc(/C=N\n2c(=O)cn[nH]c2=S)cc1OC. The summed E-state index contributed by atoms with van der Waals surface area (Å²) in [5, 5.41) is 10.2. The molecule has 0 bridgehead atoms. The molecule has 0 aliphatic carbocycles. The standard InChI is InChI=1S/C16H20N4O3S/c1-3-4-5-8-23-13-7-6-12(9-14(13)22-2)10-18-20-15(21)11-17-19-16(20)24/h6-7,9-11H,3-5,8H2,1-2H3,(H,19,24)/b18-10-. The average molecular weight is 348 g/mol. The number of methoxy groups -OCH3 is 1. The highest BCUT2D eigenvalue weighted by molar-refractivity contribution is 7.71. The van der Waals surface area contributed by atoms with Gasteiger partial charge in [0.25, 0.3) is 5.56 Å². The zero-order valence-corrected chi connectivity index (χ0v) is 14.5. The van der Waals surface area contributed by atoms with Crippen LogP contribution in [0.1, 0.15) is 31.7 Å². The molecule has 7 nitrogen and oxygen atoms in total. The first-order valence-electron chi connectivity index (χ1n) is 7.67. The van der Waals surface area contributed by atoms with Crippen LogP contribution in [0.5, 0.6) is 11.5 Å². The average Bonchev–Trinajstić information content (AvgIpc) is 2.59. The maximum Gasteiger partial charge on any atom is 0.293 e. The van der Waals surface area contributed by atoms with Crippen LogP contribution < -0.4 is 15.0 Å². The molecule has 0 unspecified atom stereocenters. The fourth-order valence-electron chi connectivity index (χ4n) is 2.00. The summed E-state index contributed by atoms with van der Waals surface area (Å²) in [5.74, 6) is 1.30. The maximum absolute atomic E-state index is 11.7. The third-order valence-electron chi connectivity index (χ3n) is 3.25. The van der Waals surface area contributed by atoms with Crippen LogP contribution in [0.2, 0.25) is 0 Å². The fourth-order valence-corrected chi connectivity index (χ4v) is 2.19. The van der Waals surface area contributed by atoms with Crippen LogP contribution in [0.15, 0.2) is 34.3 Å². The molecule has 1 heterocycles. The van der Waals surface area contributed by atoms with Crippen LogP contribution in [0, 0.1) is 4.77 Å². The third kappa shape index (κ3) is 4.76. The lowest BCUT2D eigenvalue weighted by Gasteiger charge is -2.11. The van der Waals surface area contributed by atoms with Crippen molar-refractivity contribution in [3.8, 4) is 11.5 Å². The van der Waals surface area contributed by atoms with Gasteiger partial charge in [-0.2, -0.15) is 14.9 Å². The smallest absolute Gasteiger partial charge is 0.293 e. The zero-order valence-electron chi connectivity index (χ0n) is 13.7. The van der Waals surface area contributed by atoms with E-state index in [0.717, 1.165) is 35.7 Å². The lowest BCUT2D eigenvalue weighted by atomic mass is 10.2. The van der Waals surface area contributed by atoms with Crippen molar-refractivity contribution in [3.05, 3.63) is 45.1 Å². The van der Waals surface area contributed by atoms with Gasteiger partial charge >= 0.3 is 0 Å². The zero-order chi connectivity index (χ0) is 17.4.